The number of carbonyl (C=O) groups is 1. The van der Waals surface area contributed by atoms with E-state index in [1.807, 2.05) is 0 Å². The Morgan fingerprint density at radius 1 is 0.276 bits per heavy atom. The molecular weight excluding hydrogens is 1030 g/mol. The van der Waals surface area contributed by atoms with Crippen molar-refractivity contribution in [2.45, 2.75) is 24.7 Å². The second-order valence-electron chi connectivity index (χ2n) is 16.3. The molecule has 0 fully saturated rings. The number of halogens is 12. The van der Waals surface area contributed by atoms with Crippen LogP contribution < -0.4 is 51.4 Å². The number of rotatable bonds is 14. The number of hydrogen-bond donors (Lipinski definition) is 4. The standard InChI is InChI=1S/C53H34F12N4O7/c54-50(55,56)41-17-29(66)5-13-45(41)73-37-21-35(22-38(25-37)74-46-14-6-30(67)18-42(46)51(57,58)59)71-33-9-1-27(2-10-33)49(70)28-3-11-34(12-4-28)72-36-23-39(75-47-15-7-31(68)19-43(47)52(60,61)62)26-40(24-36)76-48-16-8-32(69)20-44(48)53(63,64)65/h1-26H,66-69H2. The highest BCUT2D eigenvalue weighted by Gasteiger charge is 2.38. The molecule has 8 aromatic carbocycles. The lowest BCUT2D eigenvalue weighted by atomic mass is 10.0. The molecule has 0 saturated heterocycles. The highest BCUT2D eigenvalue weighted by Crippen LogP contribution is 2.46. The van der Waals surface area contributed by atoms with E-state index in [1.165, 1.54) is 48.5 Å². The summed E-state index contributed by atoms with van der Waals surface area (Å²) in [7, 11) is 0. The van der Waals surface area contributed by atoms with Crippen LogP contribution in [0.25, 0.3) is 0 Å². The number of ketones is 1. The maximum Gasteiger partial charge on any atom is 0.420 e. The van der Waals surface area contributed by atoms with Gasteiger partial charge in [0, 0.05) is 70.3 Å². The van der Waals surface area contributed by atoms with Crippen LogP contribution in [-0.2, 0) is 24.7 Å². The van der Waals surface area contributed by atoms with Gasteiger partial charge in [-0.2, -0.15) is 52.7 Å². The van der Waals surface area contributed by atoms with E-state index in [4.69, 9.17) is 51.4 Å². The maximum absolute atomic E-state index is 14.0. The topological polar surface area (TPSA) is 177 Å². The van der Waals surface area contributed by atoms with E-state index in [9.17, 15) is 57.5 Å². The molecule has 0 aliphatic heterocycles. The molecule has 0 saturated carbocycles. The Hall–Kier alpha value is -9.41. The largest absolute Gasteiger partial charge is 0.457 e. The molecule has 0 amide bonds. The summed E-state index contributed by atoms with van der Waals surface area (Å²) >= 11 is 0. The number of hydrogen-bond acceptors (Lipinski definition) is 11. The third-order valence-electron chi connectivity index (χ3n) is 10.6. The third-order valence-corrected chi connectivity index (χ3v) is 10.6. The van der Waals surface area contributed by atoms with Crippen molar-refractivity contribution in [2.24, 2.45) is 0 Å². The number of nitrogen functional groups attached to an aromatic ring is 4. The van der Waals surface area contributed by atoms with Crippen LogP contribution >= 0.6 is 0 Å². The predicted molar refractivity (Wildman–Crippen MR) is 253 cm³/mol. The van der Waals surface area contributed by atoms with Gasteiger partial charge in [-0.15, -0.1) is 0 Å². The first-order valence-electron chi connectivity index (χ1n) is 21.6. The number of alkyl halides is 12. The van der Waals surface area contributed by atoms with Crippen LogP contribution in [-0.4, -0.2) is 5.78 Å². The van der Waals surface area contributed by atoms with Gasteiger partial charge in [0.05, 0.1) is 0 Å². The van der Waals surface area contributed by atoms with E-state index in [0.717, 1.165) is 84.9 Å². The second-order valence-corrected chi connectivity index (χ2v) is 16.3. The molecule has 0 aliphatic carbocycles. The maximum atomic E-state index is 14.0. The molecule has 11 nitrogen and oxygen atoms in total. The zero-order valence-corrected chi connectivity index (χ0v) is 38.2. The smallest absolute Gasteiger partial charge is 0.420 e. The molecule has 0 aromatic heterocycles. The number of ether oxygens (including phenoxy) is 6. The van der Waals surface area contributed by atoms with Crippen LogP contribution in [0.2, 0.25) is 0 Å². The van der Waals surface area contributed by atoms with E-state index in [-0.39, 0.29) is 79.9 Å². The second kappa shape index (κ2) is 20.5. The van der Waals surface area contributed by atoms with Crippen molar-refractivity contribution < 1.29 is 85.9 Å². The van der Waals surface area contributed by atoms with Crippen LogP contribution in [0.4, 0.5) is 75.4 Å². The summed E-state index contributed by atoms with van der Waals surface area (Å²) in [6.45, 7) is 0. The van der Waals surface area contributed by atoms with Crippen molar-refractivity contribution in [1.29, 1.82) is 0 Å². The lowest BCUT2D eigenvalue weighted by Gasteiger charge is -2.18. The van der Waals surface area contributed by atoms with Gasteiger partial charge in [0.2, 0.25) is 0 Å². The van der Waals surface area contributed by atoms with Crippen LogP contribution in [0.3, 0.4) is 0 Å². The average molecular weight is 1070 g/mol. The van der Waals surface area contributed by atoms with Crippen LogP contribution in [0.5, 0.6) is 69.0 Å². The lowest BCUT2D eigenvalue weighted by molar-refractivity contribution is -0.139. The summed E-state index contributed by atoms with van der Waals surface area (Å²) < 4.78 is 202. The molecule has 8 rings (SSSR count). The van der Waals surface area contributed by atoms with Crippen molar-refractivity contribution in [2.75, 3.05) is 22.9 Å². The Labute approximate surface area is 421 Å². The number of nitrogens with two attached hydrogens (primary N) is 4. The van der Waals surface area contributed by atoms with Gasteiger partial charge >= 0.3 is 24.7 Å². The minimum absolute atomic E-state index is 0.0296. The molecule has 0 heterocycles. The first-order valence-corrected chi connectivity index (χ1v) is 21.6. The summed E-state index contributed by atoms with van der Waals surface area (Å²) in [5.74, 6) is -5.18. The van der Waals surface area contributed by atoms with Gasteiger partial charge in [-0.05, 0) is 121 Å². The van der Waals surface area contributed by atoms with Gasteiger partial charge in [-0.3, -0.25) is 4.79 Å². The minimum Gasteiger partial charge on any atom is -0.457 e. The fraction of sp³-hybridized carbons (Fsp3) is 0.0755. The fourth-order valence-electron chi connectivity index (χ4n) is 7.17. The Morgan fingerprint density at radius 2 is 0.487 bits per heavy atom. The molecule has 392 valence electrons. The Kier molecular flexibility index (Phi) is 14.3. The summed E-state index contributed by atoms with van der Waals surface area (Å²) in [4.78, 5) is 13.6. The molecule has 8 aromatic rings. The monoisotopic (exact) mass is 1070 g/mol. The molecule has 0 atom stereocenters. The van der Waals surface area contributed by atoms with Crippen molar-refractivity contribution in [3.05, 3.63) is 191 Å². The van der Waals surface area contributed by atoms with Crippen LogP contribution in [0.1, 0.15) is 38.2 Å². The van der Waals surface area contributed by atoms with Crippen LogP contribution in [0, 0.1) is 0 Å². The molecule has 0 spiro atoms. The highest BCUT2D eigenvalue weighted by atomic mass is 19.4. The zero-order valence-electron chi connectivity index (χ0n) is 38.2. The summed E-state index contributed by atoms with van der Waals surface area (Å²) in [5, 5.41) is 0. The number of anilines is 4. The molecule has 0 aliphatic rings. The molecule has 76 heavy (non-hydrogen) atoms. The van der Waals surface area contributed by atoms with Crippen molar-refractivity contribution >= 4 is 28.5 Å². The molecule has 8 N–H and O–H groups in total. The van der Waals surface area contributed by atoms with Gasteiger partial charge < -0.3 is 51.4 Å². The first kappa shape index (κ1) is 52.9. The summed E-state index contributed by atoms with van der Waals surface area (Å²) in [6, 6.07) is 28.1. The predicted octanol–water partition coefficient (Wildman–Crippen LogP) is 16.1. The Balaban J connectivity index is 1.03. The zero-order chi connectivity index (χ0) is 54.9. The molecular formula is C53H34F12N4O7. The number of benzene rings is 8. The Bertz CT molecular complexity index is 3060. The van der Waals surface area contributed by atoms with Crippen molar-refractivity contribution in [3.8, 4) is 69.0 Å². The van der Waals surface area contributed by atoms with Gasteiger partial charge in [0.25, 0.3) is 0 Å². The number of carbonyl (C=O) groups excluding carboxylic acids is 1. The SMILES string of the molecule is Nc1ccc(Oc2cc(Oc3ccc(C(=O)c4ccc(Oc5cc(Oc6ccc(N)cc6C(F)(F)F)cc(Oc6ccc(N)cc6C(F)(F)F)c5)cc4)cc3)cc(Oc3ccc(N)cc3C(F)(F)F)c2)c(C(F)(F)F)c1. The van der Waals surface area contributed by atoms with Gasteiger partial charge in [-0.1, -0.05) is 0 Å². The Morgan fingerprint density at radius 3 is 0.697 bits per heavy atom. The van der Waals surface area contributed by atoms with Crippen LogP contribution in [0.15, 0.2) is 158 Å². The molecule has 0 radical (unpaired) electrons. The minimum atomic E-state index is -4.93. The van der Waals surface area contributed by atoms with Crippen molar-refractivity contribution in [1.82, 2.24) is 0 Å². The first-order chi connectivity index (χ1) is 35.6. The van der Waals surface area contributed by atoms with E-state index in [0.29, 0.717) is 24.3 Å². The molecule has 0 bridgehead atoms. The lowest BCUT2D eigenvalue weighted by Crippen LogP contribution is -2.08. The van der Waals surface area contributed by atoms with E-state index >= 15 is 0 Å². The van der Waals surface area contributed by atoms with Gasteiger partial charge in [0.1, 0.15) is 91.2 Å². The fourth-order valence-corrected chi connectivity index (χ4v) is 7.17. The summed E-state index contributed by atoms with van der Waals surface area (Å²) in [6.07, 6.45) is -19.7. The third kappa shape index (κ3) is 12.8. The van der Waals surface area contributed by atoms with E-state index in [2.05, 4.69) is 0 Å². The molecule has 0 unspecified atom stereocenters. The normalized spacial score (nSPS) is 11.9. The van der Waals surface area contributed by atoms with E-state index < -0.39 is 75.7 Å². The van der Waals surface area contributed by atoms with E-state index in [1.54, 1.807) is 0 Å². The average Bonchev–Trinajstić information content (AvgIpc) is 3.33. The van der Waals surface area contributed by atoms with Gasteiger partial charge in [0.15, 0.2) is 5.78 Å². The molecule has 23 heteroatoms. The quantitative estimate of drug-likeness (QED) is 0.0463. The summed E-state index contributed by atoms with van der Waals surface area (Å²) in [5.41, 5.74) is 16.6. The van der Waals surface area contributed by atoms with Crippen molar-refractivity contribution in [3.63, 3.8) is 0 Å². The highest BCUT2D eigenvalue weighted by molar-refractivity contribution is 6.09. The van der Waals surface area contributed by atoms with Gasteiger partial charge in [-0.25, -0.2) is 0 Å².